The van der Waals surface area contributed by atoms with E-state index in [9.17, 15) is 0 Å². The van der Waals surface area contributed by atoms with Crippen LogP contribution in [0.4, 0.5) is 11.4 Å². The average Bonchev–Trinajstić information content (AvgIpc) is 4.08. The van der Waals surface area contributed by atoms with E-state index in [-0.39, 0.29) is 5.11 Å². The fourth-order valence-corrected chi connectivity index (χ4v) is 12.1. The number of nitrogens with zero attached hydrogens (tertiary/aromatic N) is 3. The molecule has 0 bridgehead atoms. The Morgan fingerprint density at radius 2 is 1.03 bits per heavy atom. The molecule has 0 fully saturated rings. The topological polar surface area (TPSA) is 145 Å². The van der Waals surface area contributed by atoms with Crippen LogP contribution in [0.15, 0.2) is 28.2 Å². The van der Waals surface area contributed by atoms with Crippen molar-refractivity contribution in [2.24, 2.45) is 21.5 Å². The normalized spacial score (nSPS) is 16.7. The van der Waals surface area contributed by atoms with Gasteiger partial charge in [-0.3, -0.25) is 10.2 Å². The van der Waals surface area contributed by atoms with E-state index in [1.54, 1.807) is 39.6 Å². The molecule has 61 heavy (non-hydrogen) atoms. The number of aromatic nitrogens is 3. The minimum atomic E-state index is 0.197. The number of benzene rings is 3. The number of amidine groups is 2. The second-order valence-corrected chi connectivity index (χ2v) is 20.5. The summed E-state index contributed by atoms with van der Waals surface area (Å²) in [6.07, 6.45) is 23.0. The summed E-state index contributed by atoms with van der Waals surface area (Å²) < 4.78 is 0.555. The van der Waals surface area contributed by atoms with Gasteiger partial charge in [0.15, 0.2) is 20.6 Å². The number of fused-ring (bicyclic) bond motifs is 6. The number of H-pyrrole nitrogens is 2. The van der Waals surface area contributed by atoms with Gasteiger partial charge in [0.25, 0.3) is 0 Å². The summed E-state index contributed by atoms with van der Waals surface area (Å²) in [5.41, 5.74) is 33.8. The van der Waals surface area contributed by atoms with Crippen LogP contribution < -0.4 is 22.1 Å². The van der Waals surface area contributed by atoms with E-state index in [4.69, 9.17) is 48.1 Å². The van der Waals surface area contributed by atoms with Crippen molar-refractivity contribution in [3.63, 3.8) is 0 Å². The van der Waals surface area contributed by atoms with Crippen molar-refractivity contribution in [3.8, 4) is 0 Å². The van der Waals surface area contributed by atoms with Gasteiger partial charge in [0.1, 0.15) is 5.82 Å². The molecule has 0 radical (unpaired) electrons. The van der Waals surface area contributed by atoms with Crippen LogP contribution in [-0.4, -0.2) is 47.2 Å². The van der Waals surface area contributed by atoms with Crippen molar-refractivity contribution in [2.45, 2.75) is 136 Å². The van der Waals surface area contributed by atoms with Crippen molar-refractivity contribution in [2.75, 3.05) is 22.1 Å². The number of rotatable bonds is 6. The second kappa shape index (κ2) is 20.3. The highest BCUT2D eigenvalue weighted by Gasteiger charge is 2.27. The molecule has 1 aromatic heterocycles. The predicted molar refractivity (Wildman–Crippen MR) is 270 cm³/mol. The minimum absolute atomic E-state index is 0.197. The molecule has 4 aromatic rings. The quantitative estimate of drug-likeness (QED) is 0.0629. The zero-order valence-electron chi connectivity index (χ0n) is 35.6. The molecular formula is C47H59N9S5. The first-order valence-corrected chi connectivity index (χ1v) is 25.6. The zero-order valence-corrected chi connectivity index (χ0v) is 39.7. The number of aliphatic imine (C=N–C) groups is 2. The smallest absolute Gasteiger partial charge is 0.213 e. The molecular weight excluding hydrogens is 851 g/mol. The van der Waals surface area contributed by atoms with Crippen molar-refractivity contribution in [1.82, 2.24) is 15.2 Å². The Kier molecular flexibility index (Phi) is 14.7. The van der Waals surface area contributed by atoms with Crippen LogP contribution in [0.2, 0.25) is 0 Å². The van der Waals surface area contributed by atoms with E-state index in [1.165, 1.54) is 170 Å². The SMILES string of the molecule is CCSC(=NC(N)=S)Nc1c2c(cc3c1CCC3)CCC2.CCSC(N)=NC(=S)Nc1c2c(cc3c1CCC3)CCC2.S=c1nc(Cc2c3c(cc4c2CCC4)CCC3)[nH][nH]1. The predicted octanol–water partition coefficient (Wildman–Crippen LogP) is 9.89. The number of aromatic amines is 2. The summed E-state index contributed by atoms with van der Waals surface area (Å²) in [4.78, 5) is 12.9. The highest BCUT2D eigenvalue weighted by atomic mass is 32.2. The molecule has 0 atom stereocenters. The largest absolute Gasteiger partial charge is 0.378 e. The van der Waals surface area contributed by atoms with E-state index in [2.05, 4.69) is 67.8 Å². The summed E-state index contributed by atoms with van der Waals surface area (Å²) >= 11 is 18.5. The summed E-state index contributed by atoms with van der Waals surface area (Å²) in [6.45, 7) is 4.17. The first-order valence-electron chi connectivity index (χ1n) is 22.4. The number of thiocarbonyl (C=S) groups is 2. The molecule has 0 spiro atoms. The van der Waals surface area contributed by atoms with Crippen LogP contribution in [0.25, 0.3) is 0 Å². The molecule has 0 amide bonds. The standard InChI is InChI=1S/2C16H21N3S2.C15H17N3S/c1-2-21-15(17)19-16(20)18-14-12-7-3-5-10(12)9-11-6-4-8-13(11)14;1-2-21-16(19-15(17)20)18-14-12-7-3-5-10(12)9-11-6-4-8-13(11)14;19-15-16-14(17-18-15)8-13-11-5-1-3-9(11)7-10-4-2-6-12(10)13/h2*9H,2-8H2,1H3,(H3,17,18,19,20);7H,1-6,8H2,(H2,16,17,18,19). The Morgan fingerprint density at radius 3 is 1.44 bits per heavy atom. The molecule has 8 N–H and O–H groups in total. The minimum Gasteiger partial charge on any atom is -0.378 e. The van der Waals surface area contributed by atoms with Crippen LogP contribution in [0.1, 0.15) is 131 Å². The molecule has 322 valence electrons. The lowest BCUT2D eigenvalue weighted by molar-refractivity contribution is 0.879. The first kappa shape index (κ1) is 44.1. The number of anilines is 2. The molecule has 14 heteroatoms. The first-order chi connectivity index (χ1) is 29.7. The lowest BCUT2D eigenvalue weighted by Gasteiger charge is -2.17. The summed E-state index contributed by atoms with van der Waals surface area (Å²) in [7, 11) is 0. The Labute approximate surface area is 385 Å². The fourth-order valence-electron chi connectivity index (χ4n) is 10.5. The van der Waals surface area contributed by atoms with E-state index < -0.39 is 0 Å². The van der Waals surface area contributed by atoms with Crippen molar-refractivity contribution < 1.29 is 0 Å². The van der Waals surface area contributed by atoms with Gasteiger partial charge >= 0.3 is 0 Å². The maximum Gasteiger partial charge on any atom is 0.213 e. The number of aryl methyl sites for hydroxylation is 6. The van der Waals surface area contributed by atoms with Gasteiger partial charge in [0.2, 0.25) is 4.77 Å². The van der Waals surface area contributed by atoms with Crippen LogP contribution >= 0.6 is 60.2 Å². The molecule has 10 rings (SSSR count). The lowest BCUT2D eigenvalue weighted by Crippen LogP contribution is -2.16. The van der Waals surface area contributed by atoms with E-state index in [0.717, 1.165) is 41.8 Å². The van der Waals surface area contributed by atoms with Crippen LogP contribution in [0.3, 0.4) is 0 Å². The summed E-state index contributed by atoms with van der Waals surface area (Å²) in [5.74, 6) is 2.83. The Balaban J connectivity index is 0.000000126. The number of thioether (sulfide) groups is 2. The van der Waals surface area contributed by atoms with Gasteiger partial charge in [-0.2, -0.15) is 9.98 Å². The molecule has 6 aliphatic rings. The lowest BCUT2D eigenvalue weighted by atomic mass is 9.92. The molecule has 3 aromatic carbocycles. The maximum atomic E-state index is 5.85. The van der Waals surface area contributed by atoms with Gasteiger partial charge < -0.3 is 22.1 Å². The highest BCUT2D eigenvalue weighted by molar-refractivity contribution is 8.14. The third-order valence-corrected chi connectivity index (χ3v) is 14.8. The average molecular weight is 910 g/mol. The summed E-state index contributed by atoms with van der Waals surface area (Å²) in [6, 6.07) is 7.33. The van der Waals surface area contributed by atoms with Gasteiger partial charge in [-0.15, -0.1) is 0 Å². The van der Waals surface area contributed by atoms with Crippen molar-refractivity contribution in [3.05, 3.63) is 101 Å². The third-order valence-electron chi connectivity index (χ3n) is 12.9. The Hall–Kier alpha value is -3.56. The number of hydrogen-bond acceptors (Lipinski definition) is 6. The molecule has 0 saturated carbocycles. The molecule has 0 aliphatic heterocycles. The molecule has 0 saturated heterocycles. The molecule has 1 heterocycles. The van der Waals surface area contributed by atoms with Crippen LogP contribution in [0.5, 0.6) is 0 Å². The van der Waals surface area contributed by atoms with Crippen molar-refractivity contribution in [1.29, 1.82) is 0 Å². The second-order valence-electron chi connectivity index (χ2n) is 16.7. The third kappa shape index (κ3) is 10.3. The fraction of sp³-hybridized carbons (Fsp3) is 0.489. The summed E-state index contributed by atoms with van der Waals surface area (Å²) in [5, 5.41) is 15.0. The molecule has 0 unspecified atom stereocenters. The van der Waals surface area contributed by atoms with E-state index in [0.29, 0.717) is 15.1 Å². The van der Waals surface area contributed by atoms with Crippen LogP contribution in [-0.2, 0) is 83.5 Å². The number of nitrogens with one attached hydrogen (secondary N) is 4. The van der Waals surface area contributed by atoms with Gasteiger partial charge in [-0.1, -0.05) is 55.6 Å². The molecule has 6 aliphatic carbocycles. The van der Waals surface area contributed by atoms with Gasteiger partial charge in [0, 0.05) is 17.8 Å². The van der Waals surface area contributed by atoms with Crippen molar-refractivity contribution >= 4 is 92.1 Å². The van der Waals surface area contributed by atoms with Crippen LogP contribution in [0, 0.1) is 4.77 Å². The number of hydrogen-bond donors (Lipinski definition) is 6. The zero-order chi connectivity index (χ0) is 42.5. The van der Waals surface area contributed by atoms with Gasteiger partial charge in [-0.05, 0) is 236 Å². The maximum absolute atomic E-state index is 5.85. The van der Waals surface area contributed by atoms with E-state index in [1.807, 2.05) is 0 Å². The monoisotopic (exact) mass is 909 g/mol. The molecule has 9 nitrogen and oxygen atoms in total. The highest BCUT2D eigenvalue weighted by Crippen LogP contribution is 2.41. The van der Waals surface area contributed by atoms with Gasteiger partial charge in [0.05, 0.1) is 0 Å². The Morgan fingerprint density at radius 1 is 0.607 bits per heavy atom. The van der Waals surface area contributed by atoms with E-state index >= 15 is 0 Å². The van der Waals surface area contributed by atoms with Gasteiger partial charge in [-0.25, -0.2) is 4.98 Å². The number of nitrogens with two attached hydrogens (primary N) is 2. The Bertz CT molecular complexity index is 2350.